The minimum Gasteiger partial charge on any atom is -0.406 e. The number of benzene rings is 1. The van der Waals surface area contributed by atoms with E-state index in [0.717, 1.165) is 30.5 Å². The lowest BCUT2D eigenvalue weighted by Crippen LogP contribution is -2.47. The summed E-state index contributed by atoms with van der Waals surface area (Å²) < 4.78 is 40.7. The molecule has 2 aliphatic rings. The predicted octanol–water partition coefficient (Wildman–Crippen LogP) is 3.39. The van der Waals surface area contributed by atoms with E-state index >= 15 is 0 Å². The van der Waals surface area contributed by atoms with Crippen LogP contribution in [-0.4, -0.2) is 48.8 Å². The molecule has 2 aromatic rings. The van der Waals surface area contributed by atoms with Gasteiger partial charge in [-0.25, -0.2) is 9.97 Å². The number of hydrogen-bond donors (Lipinski definition) is 0. The average molecular weight is 392 g/mol. The number of carbonyl (C=O) groups excluding carboxylic acids is 1. The fraction of sp³-hybridized carbons (Fsp3) is 0.421. The largest absolute Gasteiger partial charge is 0.573 e. The van der Waals surface area contributed by atoms with Crippen molar-refractivity contribution in [1.29, 1.82) is 0 Å². The molecule has 6 nitrogen and oxygen atoms in total. The first-order valence-electron chi connectivity index (χ1n) is 9.11. The molecule has 2 fully saturated rings. The van der Waals surface area contributed by atoms with Gasteiger partial charge in [-0.05, 0) is 37.1 Å². The van der Waals surface area contributed by atoms with Crippen LogP contribution in [0.3, 0.4) is 0 Å². The minimum atomic E-state index is -4.69. The van der Waals surface area contributed by atoms with E-state index in [4.69, 9.17) is 0 Å². The summed E-state index contributed by atoms with van der Waals surface area (Å²) in [4.78, 5) is 24.3. The molecule has 9 heteroatoms. The molecular weight excluding hydrogens is 373 g/mol. The van der Waals surface area contributed by atoms with Gasteiger partial charge < -0.3 is 14.5 Å². The fourth-order valence-corrected chi connectivity index (χ4v) is 3.34. The monoisotopic (exact) mass is 392 g/mol. The van der Waals surface area contributed by atoms with Crippen molar-refractivity contribution >= 4 is 17.9 Å². The maximum absolute atomic E-state index is 12.3. The number of anilines is 2. The molecule has 2 heterocycles. The average Bonchev–Trinajstić information content (AvgIpc) is 3.52. The highest BCUT2D eigenvalue weighted by molar-refractivity contribution is 5.76. The summed E-state index contributed by atoms with van der Waals surface area (Å²) in [6, 6.07) is 5.88. The topological polar surface area (TPSA) is 58.6 Å². The molecule has 1 aliphatic carbocycles. The quantitative estimate of drug-likeness (QED) is 0.727. The maximum Gasteiger partial charge on any atom is 0.573 e. The van der Waals surface area contributed by atoms with Gasteiger partial charge in [-0.3, -0.25) is 4.79 Å². The highest BCUT2D eigenvalue weighted by Crippen LogP contribution is 2.40. The van der Waals surface area contributed by atoms with Crippen LogP contribution in [0.1, 0.15) is 34.8 Å². The molecule has 4 rings (SSSR count). The molecule has 0 bridgehead atoms. The Balaban J connectivity index is 1.39. The van der Waals surface area contributed by atoms with Crippen molar-refractivity contribution in [3.63, 3.8) is 0 Å². The number of piperazine rings is 1. The van der Waals surface area contributed by atoms with Gasteiger partial charge >= 0.3 is 6.36 Å². The van der Waals surface area contributed by atoms with Gasteiger partial charge in [0.15, 0.2) is 6.29 Å². The molecule has 1 aromatic carbocycles. The molecule has 0 unspecified atom stereocenters. The molecule has 1 aliphatic heterocycles. The van der Waals surface area contributed by atoms with Gasteiger partial charge in [0.1, 0.15) is 5.75 Å². The van der Waals surface area contributed by atoms with E-state index < -0.39 is 6.36 Å². The number of rotatable bonds is 5. The molecule has 0 N–H and O–H groups in total. The predicted molar refractivity (Wildman–Crippen MR) is 96.9 cm³/mol. The van der Waals surface area contributed by atoms with Gasteiger partial charge in [0, 0.05) is 44.0 Å². The lowest BCUT2D eigenvalue weighted by Gasteiger charge is -2.36. The third kappa shape index (κ3) is 4.18. The Bertz CT molecular complexity index is 845. The van der Waals surface area contributed by atoms with Crippen LogP contribution in [-0.2, 0) is 0 Å². The van der Waals surface area contributed by atoms with Gasteiger partial charge in [-0.15, -0.1) is 13.2 Å². The fourth-order valence-electron chi connectivity index (χ4n) is 3.34. The van der Waals surface area contributed by atoms with Crippen LogP contribution in [0.2, 0.25) is 0 Å². The Kier molecular flexibility index (Phi) is 4.82. The first-order valence-corrected chi connectivity index (χ1v) is 9.11. The smallest absolute Gasteiger partial charge is 0.406 e. The van der Waals surface area contributed by atoms with Gasteiger partial charge in [0.05, 0.1) is 11.3 Å². The highest BCUT2D eigenvalue weighted by Gasteiger charge is 2.31. The van der Waals surface area contributed by atoms with Crippen LogP contribution < -0.4 is 14.5 Å². The lowest BCUT2D eigenvalue weighted by molar-refractivity contribution is -0.274. The summed E-state index contributed by atoms with van der Waals surface area (Å²) in [5.74, 6) is 0.757. The Labute approximate surface area is 159 Å². The summed E-state index contributed by atoms with van der Waals surface area (Å²) in [7, 11) is 0. The molecule has 148 valence electrons. The summed E-state index contributed by atoms with van der Waals surface area (Å²) in [6.07, 6.45) is -0.180. The highest BCUT2D eigenvalue weighted by atomic mass is 19.4. The standard InChI is InChI=1S/C19H19F3N4O2/c20-19(21,22)28-16-5-3-15(4-6-16)25-7-9-26(10-8-25)18-23-11-14(12-27)17(24-18)13-1-2-13/h3-6,11-13H,1-2,7-10H2. The minimum absolute atomic E-state index is 0.230. The second-order valence-electron chi connectivity index (χ2n) is 6.92. The summed E-state index contributed by atoms with van der Waals surface area (Å²) in [6.45, 7) is 2.75. The number of carbonyl (C=O) groups is 1. The van der Waals surface area contributed by atoms with E-state index in [-0.39, 0.29) is 5.75 Å². The van der Waals surface area contributed by atoms with Crippen molar-refractivity contribution in [2.45, 2.75) is 25.1 Å². The van der Waals surface area contributed by atoms with Crippen LogP contribution >= 0.6 is 0 Å². The van der Waals surface area contributed by atoms with E-state index in [1.807, 2.05) is 0 Å². The van der Waals surface area contributed by atoms with E-state index in [0.29, 0.717) is 43.6 Å². The molecule has 0 radical (unpaired) electrons. The Morgan fingerprint density at radius 2 is 1.68 bits per heavy atom. The number of halogens is 3. The summed E-state index contributed by atoms with van der Waals surface area (Å²) in [5.41, 5.74) is 2.23. The zero-order chi connectivity index (χ0) is 19.7. The second kappa shape index (κ2) is 7.29. The van der Waals surface area contributed by atoms with Crippen molar-refractivity contribution < 1.29 is 22.7 Å². The first kappa shape index (κ1) is 18.5. The number of aldehydes is 1. The molecule has 28 heavy (non-hydrogen) atoms. The van der Waals surface area contributed by atoms with E-state index in [2.05, 4.69) is 24.5 Å². The maximum atomic E-state index is 12.3. The van der Waals surface area contributed by atoms with Crippen LogP contribution in [0.25, 0.3) is 0 Å². The Morgan fingerprint density at radius 3 is 2.25 bits per heavy atom. The van der Waals surface area contributed by atoms with Crippen LogP contribution in [0, 0.1) is 0 Å². The van der Waals surface area contributed by atoms with Crippen LogP contribution in [0.5, 0.6) is 5.75 Å². The van der Waals surface area contributed by atoms with E-state index in [1.54, 1.807) is 18.3 Å². The summed E-state index contributed by atoms with van der Waals surface area (Å²) >= 11 is 0. The van der Waals surface area contributed by atoms with Crippen molar-refractivity contribution in [1.82, 2.24) is 9.97 Å². The van der Waals surface area contributed by atoms with Gasteiger partial charge in [-0.2, -0.15) is 0 Å². The van der Waals surface area contributed by atoms with Crippen LogP contribution in [0.4, 0.5) is 24.8 Å². The van der Waals surface area contributed by atoms with Gasteiger partial charge in [0.25, 0.3) is 0 Å². The van der Waals surface area contributed by atoms with E-state index in [1.165, 1.54) is 12.1 Å². The number of alkyl halides is 3. The van der Waals surface area contributed by atoms with Crippen molar-refractivity contribution in [2.75, 3.05) is 36.0 Å². The molecule has 1 saturated heterocycles. The number of hydrogen-bond acceptors (Lipinski definition) is 6. The SMILES string of the molecule is O=Cc1cnc(N2CCN(c3ccc(OC(F)(F)F)cc3)CC2)nc1C1CC1. The zero-order valence-corrected chi connectivity index (χ0v) is 15.0. The van der Waals surface area contributed by atoms with Crippen molar-refractivity contribution in [3.05, 3.63) is 41.7 Å². The molecule has 1 aromatic heterocycles. The molecule has 1 saturated carbocycles. The van der Waals surface area contributed by atoms with Crippen molar-refractivity contribution in [2.24, 2.45) is 0 Å². The number of ether oxygens (including phenoxy) is 1. The Hall–Kier alpha value is -2.84. The molecule has 0 atom stereocenters. The number of aromatic nitrogens is 2. The van der Waals surface area contributed by atoms with Crippen molar-refractivity contribution in [3.8, 4) is 5.75 Å². The van der Waals surface area contributed by atoms with E-state index in [9.17, 15) is 18.0 Å². The molecule has 0 amide bonds. The second-order valence-corrected chi connectivity index (χ2v) is 6.92. The normalized spacial score (nSPS) is 17.5. The third-order valence-electron chi connectivity index (χ3n) is 4.92. The van der Waals surface area contributed by atoms with Crippen LogP contribution in [0.15, 0.2) is 30.5 Å². The zero-order valence-electron chi connectivity index (χ0n) is 15.0. The third-order valence-corrected chi connectivity index (χ3v) is 4.92. The first-order chi connectivity index (χ1) is 13.4. The number of nitrogens with zero attached hydrogens (tertiary/aromatic N) is 4. The Morgan fingerprint density at radius 1 is 1.04 bits per heavy atom. The van der Waals surface area contributed by atoms with Gasteiger partial charge in [0.2, 0.25) is 5.95 Å². The molecule has 0 spiro atoms. The summed E-state index contributed by atoms with van der Waals surface area (Å²) in [5, 5.41) is 0. The molecular formula is C19H19F3N4O2. The lowest BCUT2D eigenvalue weighted by atomic mass is 10.2. The van der Waals surface area contributed by atoms with Gasteiger partial charge in [-0.1, -0.05) is 0 Å².